The highest BCUT2D eigenvalue weighted by molar-refractivity contribution is 7.08. The van der Waals surface area contributed by atoms with Crippen LogP contribution >= 0.6 is 11.3 Å². The Kier molecular flexibility index (Phi) is 3.87. The quantitative estimate of drug-likeness (QED) is 0.631. The lowest BCUT2D eigenvalue weighted by molar-refractivity contribution is -0.229. The van der Waals surface area contributed by atoms with Gasteiger partial charge < -0.3 is 15.3 Å². The molecule has 3 unspecified atom stereocenters. The van der Waals surface area contributed by atoms with Crippen molar-refractivity contribution in [2.75, 3.05) is 0 Å². The maximum atomic E-state index is 12.1. The molecular weight excluding hydrogens is 356 g/mol. The molecule has 8 atom stereocenters. The third-order valence-corrected chi connectivity index (χ3v) is 10.2. The minimum Gasteiger partial charge on any atom is -0.389 e. The molecule has 4 aliphatic carbocycles. The molecule has 1 heterocycles. The highest BCUT2D eigenvalue weighted by Crippen LogP contribution is 2.71. The highest BCUT2D eigenvalue weighted by atomic mass is 32.1. The van der Waals surface area contributed by atoms with Crippen molar-refractivity contribution in [2.45, 2.75) is 76.1 Å². The van der Waals surface area contributed by atoms with Crippen molar-refractivity contribution in [1.82, 2.24) is 0 Å². The van der Waals surface area contributed by atoms with E-state index in [0.717, 1.165) is 37.7 Å². The minimum absolute atomic E-state index is 0.0578. The van der Waals surface area contributed by atoms with Gasteiger partial charge in [-0.15, -0.1) is 0 Å². The zero-order valence-electron chi connectivity index (χ0n) is 16.4. The SMILES string of the molecule is C[C@]12C=CC(O)CC1CC[C@@H]1[C@H]2CC[C@]2(C)C(O)(c3ccsc3)CC[C@@]12O. The van der Waals surface area contributed by atoms with Crippen LogP contribution in [0.5, 0.6) is 0 Å². The molecule has 3 N–H and O–H groups in total. The summed E-state index contributed by atoms with van der Waals surface area (Å²) in [6.45, 7) is 4.49. The molecule has 0 saturated heterocycles. The summed E-state index contributed by atoms with van der Waals surface area (Å²) < 4.78 is 0. The lowest BCUT2D eigenvalue weighted by atomic mass is 9.44. The molecule has 3 nitrogen and oxygen atoms in total. The predicted molar refractivity (Wildman–Crippen MR) is 107 cm³/mol. The topological polar surface area (TPSA) is 60.7 Å². The third kappa shape index (κ3) is 2.13. The van der Waals surface area contributed by atoms with Crippen molar-refractivity contribution in [3.05, 3.63) is 34.5 Å². The summed E-state index contributed by atoms with van der Waals surface area (Å²) in [6.07, 6.45) is 10.1. The Morgan fingerprint density at radius 2 is 1.85 bits per heavy atom. The fourth-order valence-electron chi connectivity index (χ4n) is 7.74. The molecule has 148 valence electrons. The smallest absolute Gasteiger partial charge is 0.0986 e. The van der Waals surface area contributed by atoms with Gasteiger partial charge in [-0.05, 0) is 90.5 Å². The molecule has 4 heteroatoms. The lowest BCUT2D eigenvalue weighted by Gasteiger charge is -2.63. The van der Waals surface area contributed by atoms with Crippen molar-refractivity contribution in [1.29, 1.82) is 0 Å². The Balaban J connectivity index is 1.55. The van der Waals surface area contributed by atoms with Gasteiger partial charge in [0.15, 0.2) is 0 Å². The molecule has 0 aliphatic heterocycles. The van der Waals surface area contributed by atoms with Crippen molar-refractivity contribution in [2.24, 2.45) is 28.6 Å². The molecule has 0 spiro atoms. The van der Waals surface area contributed by atoms with Crippen LogP contribution in [0.4, 0.5) is 0 Å². The van der Waals surface area contributed by atoms with E-state index >= 15 is 0 Å². The summed E-state index contributed by atoms with van der Waals surface area (Å²) >= 11 is 1.62. The first-order valence-corrected chi connectivity index (χ1v) is 11.5. The molecule has 0 bridgehead atoms. The summed E-state index contributed by atoms with van der Waals surface area (Å²) in [5, 5.41) is 38.1. The van der Waals surface area contributed by atoms with Crippen molar-refractivity contribution < 1.29 is 15.3 Å². The zero-order valence-corrected chi connectivity index (χ0v) is 17.2. The fourth-order valence-corrected chi connectivity index (χ4v) is 8.46. The van der Waals surface area contributed by atoms with E-state index in [0.29, 0.717) is 24.7 Å². The maximum absolute atomic E-state index is 12.1. The Morgan fingerprint density at radius 3 is 2.59 bits per heavy atom. The van der Waals surface area contributed by atoms with Crippen LogP contribution in [0, 0.1) is 28.6 Å². The molecule has 3 saturated carbocycles. The van der Waals surface area contributed by atoms with E-state index in [1.807, 2.05) is 17.5 Å². The van der Waals surface area contributed by atoms with E-state index in [1.54, 1.807) is 11.3 Å². The highest BCUT2D eigenvalue weighted by Gasteiger charge is 2.71. The molecule has 0 amide bonds. The second-order valence-corrected chi connectivity index (χ2v) is 11.0. The minimum atomic E-state index is -0.928. The van der Waals surface area contributed by atoms with E-state index in [-0.39, 0.29) is 17.4 Å². The first kappa shape index (κ1) is 18.4. The van der Waals surface area contributed by atoms with E-state index in [2.05, 4.69) is 25.3 Å². The molecule has 1 aromatic heterocycles. The maximum Gasteiger partial charge on any atom is 0.0986 e. The van der Waals surface area contributed by atoms with Gasteiger partial charge in [-0.2, -0.15) is 11.3 Å². The Labute approximate surface area is 166 Å². The van der Waals surface area contributed by atoms with Crippen LogP contribution in [0.25, 0.3) is 0 Å². The number of aliphatic hydroxyl groups is 3. The fraction of sp³-hybridized carbons (Fsp3) is 0.739. The van der Waals surface area contributed by atoms with Crippen LogP contribution in [-0.2, 0) is 5.60 Å². The van der Waals surface area contributed by atoms with Crippen LogP contribution < -0.4 is 0 Å². The average Bonchev–Trinajstić information content (AvgIpc) is 3.24. The molecule has 0 radical (unpaired) electrons. The van der Waals surface area contributed by atoms with Gasteiger partial charge in [-0.1, -0.05) is 26.0 Å². The summed E-state index contributed by atoms with van der Waals surface area (Å²) in [6, 6.07) is 2.04. The number of allylic oxidation sites excluding steroid dienone is 1. The molecule has 3 fully saturated rings. The van der Waals surface area contributed by atoms with Gasteiger partial charge in [-0.3, -0.25) is 0 Å². The molecule has 27 heavy (non-hydrogen) atoms. The predicted octanol–water partition coefficient (Wildman–Crippen LogP) is 4.23. The Hall–Kier alpha value is -0.680. The lowest BCUT2D eigenvalue weighted by Crippen LogP contribution is -2.64. The average molecular weight is 389 g/mol. The van der Waals surface area contributed by atoms with Crippen LogP contribution in [0.3, 0.4) is 0 Å². The number of fused-ring (bicyclic) bond motifs is 5. The molecule has 1 aromatic rings. The largest absolute Gasteiger partial charge is 0.389 e. The second kappa shape index (κ2) is 5.69. The van der Waals surface area contributed by atoms with Gasteiger partial charge in [0.1, 0.15) is 0 Å². The standard InChI is InChI=1S/C23H32O3S/c1-20-8-5-17(24)13-15(20)3-4-19-18(20)6-9-21(2)22(25,10-11-23(19,21)26)16-7-12-27-14-16/h5,7-8,12,14-15,17-19,24-26H,3-4,6,9-11,13H2,1-2H3/t15?,17?,18-,19-,20+,21-,22?,23-/m1/s1. The van der Waals surface area contributed by atoms with Gasteiger partial charge in [0, 0.05) is 5.41 Å². The first-order chi connectivity index (χ1) is 12.7. The zero-order chi connectivity index (χ0) is 19.1. The van der Waals surface area contributed by atoms with E-state index in [1.165, 1.54) is 0 Å². The Bertz CT molecular complexity index is 760. The summed E-state index contributed by atoms with van der Waals surface area (Å²) in [5.74, 6) is 1.16. The summed E-state index contributed by atoms with van der Waals surface area (Å²) in [7, 11) is 0. The van der Waals surface area contributed by atoms with E-state index in [9.17, 15) is 15.3 Å². The van der Waals surface area contributed by atoms with E-state index in [4.69, 9.17) is 0 Å². The van der Waals surface area contributed by atoms with Crippen LogP contribution in [-0.4, -0.2) is 27.0 Å². The normalized spacial score (nSPS) is 54.3. The third-order valence-electron chi connectivity index (χ3n) is 9.50. The molecule has 5 rings (SSSR count). The number of rotatable bonds is 1. The van der Waals surface area contributed by atoms with Gasteiger partial charge in [0.05, 0.1) is 17.3 Å². The number of aliphatic hydroxyl groups excluding tert-OH is 1. The van der Waals surface area contributed by atoms with E-state index < -0.39 is 16.6 Å². The second-order valence-electron chi connectivity index (χ2n) is 10.2. The van der Waals surface area contributed by atoms with Crippen molar-refractivity contribution in [3.8, 4) is 0 Å². The first-order valence-electron chi connectivity index (χ1n) is 10.6. The van der Waals surface area contributed by atoms with Gasteiger partial charge >= 0.3 is 0 Å². The van der Waals surface area contributed by atoms with Gasteiger partial charge in [0.25, 0.3) is 0 Å². The van der Waals surface area contributed by atoms with Gasteiger partial charge in [-0.25, -0.2) is 0 Å². The van der Waals surface area contributed by atoms with Crippen LogP contribution in [0.2, 0.25) is 0 Å². The molecule has 0 aromatic carbocycles. The van der Waals surface area contributed by atoms with Crippen molar-refractivity contribution in [3.63, 3.8) is 0 Å². The monoisotopic (exact) mass is 388 g/mol. The number of thiophene rings is 1. The van der Waals surface area contributed by atoms with Crippen molar-refractivity contribution >= 4 is 11.3 Å². The van der Waals surface area contributed by atoms with Crippen LogP contribution in [0.15, 0.2) is 29.0 Å². The van der Waals surface area contributed by atoms with Gasteiger partial charge in [0.2, 0.25) is 0 Å². The summed E-state index contributed by atoms with van der Waals surface area (Å²) in [5.41, 5.74) is -1.19. The van der Waals surface area contributed by atoms with Crippen LogP contribution in [0.1, 0.15) is 64.4 Å². The molecule has 4 aliphatic rings. The number of hydrogen-bond acceptors (Lipinski definition) is 4. The summed E-state index contributed by atoms with van der Waals surface area (Å²) in [4.78, 5) is 0. The molecular formula is C23H32O3S. The number of hydrogen-bond donors (Lipinski definition) is 3. The Morgan fingerprint density at radius 1 is 1.04 bits per heavy atom.